The lowest BCUT2D eigenvalue weighted by Crippen LogP contribution is -2.36. The lowest BCUT2D eigenvalue weighted by Gasteiger charge is -2.26. The van der Waals surface area contributed by atoms with Gasteiger partial charge < -0.3 is 20.8 Å². The lowest BCUT2D eigenvalue weighted by molar-refractivity contribution is 0.0675. The third-order valence-electron chi connectivity index (χ3n) is 3.23. The van der Waals surface area contributed by atoms with Crippen LogP contribution in [0.25, 0.3) is 0 Å². The second-order valence-electron chi connectivity index (χ2n) is 5.43. The molecule has 112 valence electrons. The maximum Gasteiger partial charge on any atom is 0.254 e. The highest BCUT2D eigenvalue weighted by Gasteiger charge is 2.21. The van der Waals surface area contributed by atoms with Crippen LogP contribution >= 0.6 is 0 Å². The molecule has 0 fully saturated rings. The average molecular weight is 287 g/mol. The molecular formula is C16H21N3O2. The fourth-order valence-electron chi connectivity index (χ4n) is 2.19. The van der Waals surface area contributed by atoms with E-state index in [2.05, 4.69) is 0 Å². The quantitative estimate of drug-likeness (QED) is 0.847. The van der Waals surface area contributed by atoms with Crippen LogP contribution in [0.1, 0.15) is 35.7 Å². The van der Waals surface area contributed by atoms with Crippen LogP contribution in [0.15, 0.2) is 34.7 Å². The predicted octanol–water partition coefficient (Wildman–Crippen LogP) is 2.80. The van der Waals surface area contributed by atoms with Crippen molar-refractivity contribution in [2.24, 2.45) is 0 Å². The number of amides is 1. The van der Waals surface area contributed by atoms with Gasteiger partial charge in [0, 0.05) is 23.0 Å². The monoisotopic (exact) mass is 287 g/mol. The largest absolute Gasteiger partial charge is 0.464 e. The summed E-state index contributed by atoms with van der Waals surface area (Å²) in [6.07, 6.45) is 0. The summed E-state index contributed by atoms with van der Waals surface area (Å²) in [5.74, 6) is 1.47. The van der Waals surface area contributed by atoms with E-state index in [4.69, 9.17) is 15.9 Å². The lowest BCUT2D eigenvalue weighted by atomic mass is 10.1. The van der Waals surface area contributed by atoms with E-state index in [1.54, 1.807) is 23.1 Å². The minimum absolute atomic E-state index is 0.0329. The number of nitrogen functional groups attached to an aromatic ring is 2. The van der Waals surface area contributed by atoms with Gasteiger partial charge in [-0.05, 0) is 51.1 Å². The summed E-state index contributed by atoms with van der Waals surface area (Å²) in [7, 11) is 0. The number of carbonyl (C=O) groups excluding carboxylic acids is 1. The molecule has 4 N–H and O–H groups in total. The summed E-state index contributed by atoms with van der Waals surface area (Å²) in [4.78, 5) is 14.4. The van der Waals surface area contributed by atoms with E-state index < -0.39 is 0 Å². The molecule has 0 aliphatic rings. The third kappa shape index (κ3) is 3.56. The van der Waals surface area contributed by atoms with Crippen LogP contribution in [0, 0.1) is 6.92 Å². The number of carbonyl (C=O) groups is 1. The van der Waals surface area contributed by atoms with Gasteiger partial charge in [-0.25, -0.2) is 0 Å². The van der Waals surface area contributed by atoms with Crippen molar-refractivity contribution in [3.63, 3.8) is 0 Å². The van der Waals surface area contributed by atoms with E-state index >= 15 is 0 Å². The van der Waals surface area contributed by atoms with Crippen molar-refractivity contribution in [2.75, 3.05) is 11.5 Å². The van der Waals surface area contributed by atoms with Gasteiger partial charge in [-0.15, -0.1) is 0 Å². The molecule has 0 aliphatic carbocycles. The molecule has 2 aromatic rings. The highest BCUT2D eigenvalue weighted by Crippen LogP contribution is 2.19. The SMILES string of the molecule is Cc1ccc(CN(C(=O)c2cc(N)cc(N)c2)C(C)C)o1. The van der Waals surface area contributed by atoms with Gasteiger partial charge >= 0.3 is 0 Å². The Morgan fingerprint density at radius 1 is 1.19 bits per heavy atom. The van der Waals surface area contributed by atoms with Crippen LogP contribution in [0.4, 0.5) is 11.4 Å². The number of benzene rings is 1. The number of aryl methyl sites for hydroxylation is 1. The minimum Gasteiger partial charge on any atom is -0.464 e. The maximum absolute atomic E-state index is 12.7. The maximum atomic E-state index is 12.7. The third-order valence-corrected chi connectivity index (χ3v) is 3.23. The fraction of sp³-hybridized carbons (Fsp3) is 0.312. The minimum atomic E-state index is -0.113. The van der Waals surface area contributed by atoms with Gasteiger partial charge in [-0.3, -0.25) is 4.79 Å². The molecule has 1 amide bonds. The molecule has 5 heteroatoms. The van der Waals surface area contributed by atoms with Gasteiger partial charge in [-0.1, -0.05) is 0 Å². The highest BCUT2D eigenvalue weighted by molar-refractivity contribution is 5.96. The summed E-state index contributed by atoms with van der Waals surface area (Å²) >= 11 is 0. The van der Waals surface area contributed by atoms with Crippen molar-refractivity contribution in [2.45, 2.75) is 33.4 Å². The Labute approximate surface area is 124 Å². The van der Waals surface area contributed by atoms with Gasteiger partial charge in [0.05, 0.1) is 6.54 Å². The molecule has 0 spiro atoms. The van der Waals surface area contributed by atoms with Crippen molar-refractivity contribution < 1.29 is 9.21 Å². The molecule has 0 saturated carbocycles. The predicted molar refractivity (Wildman–Crippen MR) is 83.7 cm³/mol. The number of hydrogen-bond donors (Lipinski definition) is 2. The number of anilines is 2. The molecule has 0 saturated heterocycles. The van der Waals surface area contributed by atoms with E-state index in [0.717, 1.165) is 11.5 Å². The van der Waals surface area contributed by atoms with Crippen LogP contribution in [0.5, 0.6) is 0 Å². The Morgan fingerprint density at radius 3 is 2.29 bits per heavy atom. The van der Waals surface area contributed by atoms with Crippen molar-refractivity contribution >= 4 is 17.3 Å². The first-order chi connectivity index (χ1) is 9.86. The first-order valence-corrected chi connectivity index (χ1v) is 6.89. The summed E-state index contributed by atoms with van der Waals surface area (Å²) in [6, 6.07) is 8.71. The van der Waals surface area contributed by atoms with Gasteiger partial charge in [0.15, 0.2) is 0 Å². The first-order valence-electron chi connectivity index (χ1n) is 6.89. The summed E-state index contributed by atoms with van der Waals surface area (Å²) in [5.41, 5.74) is 13.0. The Bertz CT molecular complexity index is 626. The molecule has 0 bridgehead atoms. The number of rotatable bonds is 4. The van der Waals surface area contributed by atoms with E-state index in [1.165, 1.54) is 0 Å². The van der Waals surface area contributed by atoms with Gasteiger partial charge in [-0.2, -0.15) is 0 Å². The van der Waals surface area contributed by atoms with Crippen molar-refractivity contribution in [3.05, 3.63) is 47.4 Å². The average Bonchev–Trinajstić information content (AvgIpc) is 2.79. The molecule has 0 unspecified atom stereocenters. The van der Waals surface area contributed by atoms with Crippen LogP contribution in [-0.4, -0.2) is 16.8 Å². The normalized spacial score (nSPS) is 10.9. The van der Waals surface area contributed by atoms with Gasteiger partial charge in [0.25, 0.3) is 5.91 Å². The van der Waals surface area contributed by atoms with Crippen molar-refractivity contribution in [3.8, 4) is 0 Å². The molecular weight excluding hydrogens is 266 g/mol. The van der Waals surface area contributed by atoms with Gasteiger partial charge in [0.2, 0.25) is 0 Å². The van der Waals surface area contributed by atoms with E-state index in [1.807, 2.05) is 32.9 Å². The number of nitrogens with two attached hydrogens (primary N) is 2. The summed E-state index contributed by atoms with van der Waals surface area (Å²) in [5, 5.41) is 0. The summed E-state index contributed by atoms with van der Waals surface area (Å²) in [6.45, 7) is 6.22. The first kappa shape index (κ1) is 15.0. The second-order valence-corrected chi connectivity index (χ2v) is 5.43. The van der Waals surface area contributed by atoms with E-state index in [9.17, 15) is 4.79 Å². The highest BCUT2D eigenvalue weighted by atomic mass is 16.3. The molecule has 2 rings (SSSR count). The van der Waals surface area contributed by atoms with Crippen LogP contribution in [0.2, 0.25) is 0 Å². The molecule has 0 atom stereocenters. The number of hydrogen-bond acceptors (Lipinski definition) is 4. The molecule has 1 aromatic carbocycles. The Hall–Kier alpha value is -2.43. The standard InChI is InChI=1S/C16H21N3O2/c1-10(2)19(9-15-5-4-11(3)21-15)16(20)12-6-13(17)8-14(18)7-12/h4-8,10H,9,17-18H2,1-3H3. The number of furan rings is 1. The molecule has 21 heavy (non-hydrogen) atoms. The zero-order valence-corrected chi connectivity index (χ0v) is 12.6. The molecule has 1 aromatic heterocycles. The Morgan fingerprint density at radius 2 is 1.81 bits per heavy atom. The summed E-state index contributed by atoms with van der Waals surface area (Å²) < 4.78 is 5.55. The van der Waals surface area contributed by atoms with E-state index in [0.29, 0.717) is 23.5 Å². The topological polar surface area (TPSA) is 85.5 Å². The van der Waals surface area contributed by atoms with Crippen LogP contribution in [-0.2, 0) is 6.54 Å². The van der Waals surface area contributed by atoms with Gasteiger partial charge in [0.1, 0.15) is 11.5 Å². The van der Waals surface area contributed by atoms with Crippen molar-refractivity contribution in [1.82, 2.24) is 4.90 Å². The zero-order chi connectivity index (χ0) is 15.6. The Kier molecular flexibility index (Phi) is 4.21. The van der Waals surface area contributed by atoms with E-state index in [-0.39, 0.29) is 11.9 Å². The zero-order valence-electron chi connectivity index (χ0n) is 12.6. The Balaban J connectivity index is 2.26. The fourth-order valence-corrected chi connectivity index (χ4v) is 2.19. The molecule has 0 radical (unpaired) electrons. The molecule has 0 aliphatic heterocycles. The van der Waals surface area contributed by atoms with Crippen LogP contribution in [0.3, 0.4) is 0 Å². The smallest absolute Gasteiger partial charge is 0.254 e. The second kappa shape index (κ2) is 5.91. The molecule has 1 heterocycles. The van der Waals surface area contributed by atoms with Crippen LogP contribution < -0.4 is 11.5 Å². The van der Waals surface area contributed by atoms with Crippen molar-refractivity contribution in [1.29, 1.82) is 0 Å². The molecule has 5 nitrogen and oxygen atoms in total. The number of nitrogens with zero attached hydrogens (tertiary/aromatic N) is 1.